The van der Waals surface area contributed by atoms with Gasteiger partial charge in [0.15, 0.2) is 0 Å². The van der Waals surface area contributed by atoms with Crippen molar-refractivity contribution >= 4 is 11.7 Å². The normalized spacial score (nSPS) is 9.50. The van der Waals surface area contributed by atoms with Crippen LogP contribution in [0.3, 0.4) is 0 Å². The van der Waals surface area contributed by atoms with Crippen molar-refractivity contribution in [2.24, 2.45) is 0 Å². The van der Waals surface area contributed by atoms with Crippen LogP contribution in [0, 0.1) is 11.3 Å². The third kappa shape index (κ3) is 3.12. The number of pyridine rings is 2. The lowest BCUT2D eigenvalue weighted by molar-refractivity contribution is -0.115. The predicted molar refractivity (Wildman–Crippen MR) is 65.5 cm³/mol. The minimum atomic E-state index is -0.166. The van der Waals surface area contributed by atoms with Crippen molar-refractivity contribution in [1.82, 2.24) is 9.97 Å². The van der Waals surface area contributed by atoms with Crippen LogP contribution in [-0.4, -0.2) is 15.9 Å². The van der Waals surface area contributed by atoms with E-state index in [4.69, 9.17) is 5.26 Å². The highest BCUT2D eigenvalue weighted by atomic mass is 16.1. The van der Waals surface area contributed by atoms with E-state index in [9.17, 15) is 4.79 Å². The standard InChI is InChI=1S/C13H10N4O/c14-7-11-3-4-12(16-9-11)17-13(18)6-10-2-1-5-15-8-10/h1-5,8-9H,6H2,(H,16,17,18). The lowest BCUT2D eigenvalue weighted by atomic mass is 10.2. The molecule has 2 rings (SSSR count). The Bertz CT molecular complexity index is 572. The number of nitriles is 1. The first-order chi connectivity index (χ1) is 8.78. The summed E-state index contributed by atoms with van der Waals surface area (Å²) in [5.41, 5.74) is 1.30. The molecule has 0 aromatic carbocycles. The number of carbonyl (C=O) groups excluding carboxylic acids is 1. The molecule has 0 saturated heterocycles. The molecule has 0 radical (unpaired) electrons. The number of rotatable bonds is 3. The molecular weight excluding hydrogens is 228 g/mol. The van der Waals surface area contributed by atoms with E-state index in [0.717, 1.165) is 5.56 Å². The first kappa shape index (κ1) is 11.7. The fraction of sp³-hybridized carbons (Fsp3) is 0.0769. The van der Waals surface area contributed by atoms with E-state index < -0.39 is 0 Å². The molecule has 5 heteroatoms. The van der Waals surface area contributed by atoms with Gasteiger partial charge in [0.1, 0.15) is 11.9 Å². The topological polar surface area (TPSA) is 78.7 Å². The first-order valence-corrected chi connectivity index (χ1v) is 5.33. The van der Waals surface area contributed by atoms with Crippen molar-refractivity contribution in [2.75, 3.05) is 5.32 Å². The Morgan fingerprint density at radius 2 is 2.22 bits per heavy atom. The summed E-state index contributed by atoms with van der Waals surface area (Å²) >= 11 is 0. The van der Waals surface area contributed by atoms with Gasteiger partial charge >= 0.3 is 0 Å². The Kier molecular flexibility index (Phi) is 3.62. The first-order valence-electron chi connectivity index (χ1n) is 5.33. The lowest BCUT2D eigenvalue weighted by Gasteiger charge is -2.03. The molecule has 0 aliphatic heterocycles. The second kappa shape index (κ2) is 5.55. The Morgan fingerprint density at radius 1 is 1.33 bits per heavy atom. The molecule has 2 heterocycles. The maximum Gasteiger partial charge on any atom is 0.230 e. The average Bonchev–Trinajstić information content (AvgIpc) is 2.40. The molecule has 2 aromatic rings. The molecule has 0 bridgehead atoms. The van der Waals surface area contributed by atoms with E-state index in [1.807, 2.05) is 12.1 Å². The molecule has 0 fully saturated rings. The van der Waals surface area contributed by atoms with Crippen LogP contribution in [0.4, 0.5) is 5.82 Å². The van der Waals surface area contributed by atoms with Crippen LogP contribution < -0.4 is 5.32 Å². The van der Waals surface area contributed by atoms with E-state index in [1.54, 1.807) is 30.6 Å². The molecule has 18 heavy (non-hydrogen) atoms. The minimum absolute atomic E-state index is 0.166. The van der Waals surface area contributed by atoms with Gasteiger partial charge in [-0.25, -0.2) is 4.98 Å². The fourth-order valence-corrected chi connectivity index (χ4v) is 1.41. The molecule has 0 unspecified atom stereocenters. The van der Waals surface area contributed by atoms with Crippen LogP contribution in [0.5, 0.6) is 0 Å². The SMILES string of the molecule is N#Cc1ccc(NC(=O)Cc2cccnc2)nc1. The number of hydrogen-bond donors (Lipinski definition) is 1. The van der Waals surface area contributed by atoms with Crippen molar-refractivity contribution in [3.63, 3.8) is 0 Å². The summed E-state index contributed by atoms with van der Waals surface area (Å²) in [6, 6.07) is 8.78. The van der Waals surface area contributed by atoms with Gasteiger partial charge in [0.2, 0.25) is 5.91 Å². The van der Waals surface area contributed by atoms with Crippen molar-refractivity contribution in [3.8, 4) is 6.07 Å². The van der Waals surface area contributed by atoms with Gasteiger partial charge in [0.25, 0.3) is 0 Å². The molecule has 0 aliphatic rings. The Labute approximate surface area is 104 Å². The quantitative estimate of drug-likeness (QED) is 0.879. The van der Waals surface area contributed by atoms with E-state index in [-0.39, 0.29) is 12.3 Å². The molecule has 2 aromatic heterocycles. The molecule has 5 nitrogen and oxygen atoms in total. The summed E-state index contributed by atoms with van der Waals surface area (Å²) in [4.78, 5) is 19.6. The molecule has 0 aliphatic carbocycles. The summed E-state index contributed by atoms with van der Waals surface area (Å²) < 4.78 is 0. The summed E-state index contributed by atoms with van der Waals surface area (Å²) in [5.74, 6) is 0.267. The molecule has 0 atom stereocenters. The second-order valence-corrected chi connectivity index (χ2v) is 3.63. The Morgan fingerprint density at radius 3 is 2.83 bits per heavy atom. The number of nitrogens with zero attached hydrogens (tertiary/aromatic N) is 3. The zero-order valence-electron chi connectivity index (χ0n) is 9.50. The van der Waals surface area contributed by atoms with Crippen LogP contribution in [0.25, 0.3) is 0 Å². The van der Waals surface area contributed by atoms with Crippen LogP contribution in [-0.2, 0) is 11.2 Å². The summed E-state index contributed by atoms with van der Waals surface area (Å²) in [5, 5.41) is 11.3. The van der Waals surface area contributed by atoms with Gasteiger partial charge in [0.05, 0.1) is 12.0 Å². The third-order valence-electron chi connectivity index (χ3n) is 2.25. The summed E-state index contributed by atoms with van der Waals surface area (Å²) in [7, 11) is 0. The van der Waals surface area contributed by atoms with Crippen molar-refractivity contribution < 1.29 is 4.79 Å². The van der Waals surface area contributed by atoms with Crippen molar-refractivity contribution in [3.05, 3.63) is 54.0 Å². The van der Waals surface area contributed by atoms with E-state index in [0.29, 0.717) is 11.4 Å². The lowest BCUT2D eigenvalue weighted by Crippen LogP contribution is -2.15. The maximum absolute atomic E-state index is 11.7. The van der Waals surface area contributed by atoms with Gasteiger partial charge in [-0.3, -0.25) is 9.78 Å². The average molecular weight is 238 g/mol. The zero-order chi connectivity index (χ0) is 12.8. The number of aromatic nitrogens is 2. The van der Waals surface area contributed by atoms with E-state index >= 15 is 0 Å². The highest BCUT2D eigenvalue weighted by Gasteiger charge is 2.04. The maximum atomic E-state index is 11.7. The number of amides is 1. The van der Waals surface area contributed by atoms with Gasteiger partial charge in [-0.05, 0) is 23.8 Å². The highest BCUT2D eigenvalue weighted by Crippen LogP contribution is 2.05. The van der Waals surface area contributed by atoms with Gasteiger partial charge < -0.3 is 5.32 Å². The third-order valence-corrected chi connectivity index (χ3v) is 2.25. The smallest absolute Gasteiger partial charge is 0.230 e. The zero-order valence-corrected chi connectivity index (χ0v) is 9.50. The molecular formula is C13H10N4O. The van der Waals surface area contributed by atoms with E-state index in [1.165, 1.54) is 6.20 Å². The van der Waals surface area contributed by atoms with Gasteiger partial charge in [-0.1, -0.05) is 6.07 Å². The highest BCUT2D eigenvalue weighted by molar-refractivity contribution is 5.91. The minimum Gasteiger partial charge on any atom is -0.310 e. The summed E-state index contributed by atoms with van der Waals surface area (Å²) in [6.07, 6.45) is 4.96. The number of nitrogens with one attached hydrogen (secondary N) is 1. The summed E-state index contributed by atoms with van der Waals surface area (Å²) in [6.45, 7) is 0. The van der Waals surface area contributed by atoms with Crippen LogP contribution in [0.1, 0.15) is 11.1 Å². The number of carbonyl (C=O) groups is 1. The molecule has 1 N–H and O–H groups in total. The molecule has 0 saturated carbocycles. The largest absolute Gasteiger partial charge is 0.310 e. The monoisotopic (exact) mass is 238 g/mol. The number of hydrogen-bond acceptors (Lipinski definition) is 4. The van der Waals surface area contributed by atoms with Crippen molar-refractivity contribution in [1.29, 1.82) is 5.26 Å². The molecule has 1 amide bonds. The van der Waals surface area contributed by atoms with Gasteiger partial charge in [-0.2, -0.15) is 5.26 Å². The molecule has 88 valence electrons. The van der Waals surface area contributed by atoms with Gasteiger partial charge in [0, 0.05) is 18.6 Å². The van der Waals surface area contributed by atoms with Crippen molar-refractivity contribution in [2.45, 2.75) is 6.42 Å². The van der Waals surface area contributed by atoms with Crippen LogP contribution in [0.15, 0.2) is 42.9 Å². The Hall–Kier alpha value is -2.74. The second-order valence-electron chi connectivity index (χ2n) is 3.63. The predicted octanol–water partition coefficient (Wildman–Crippen LogP) is 1.53. The van der Waals surface area contributed by atoms with E-state index in [2.05, 4.69) is 15.3 Å². The van der Waals surface area contributed by atoms with Gasteiger partial charge in [-0.15, -0.1) is 0 Å². The Balaban J connectivity index is 1.97. The van der Waals surface area contributed by atoms with Crippen LogP contribution >= 0.6 is 0 Å². The van der Waals surface area contributed by atoms with Crippen LogP contribution in [0.2, 0.25) is 0 Å². The molecule has 0 spiro atoms. The fourth-order valence-electron chi connectivity index (χ4n) is 1.41. The number of anilines is 1.